The molecule has 0 bridgehead atoms. The van der Waals surface area contributed by atoms with Gasteiger partial charge in [-0.15, -0.1) is 20.0 Å². The van der Waals surface area contributed by atoms with E-state index in [4.69, 9.17) is 6.57 Å². The molecule has 0 spiro atoms. The Morgan fingerprint density at radius 3 is 2.72 bits per heavy atom. The van der Waals surface area contributed by atoms with E-state index >= 15 is 0 Å². The molecule has 0 aliphatic rings. The molecule has 0 saturated heterocycles. The van der Waals surface area contributed by atoms with Crippen LogP contribution in [0.25, 0.3) is 16.4 Å². The van der Waals surface area contributed by atoms with Gasteiger partial charge in [-0.25, -0.2) is 14.8 Å². The number of azo groups is 1. The molecule has 0 radical (unpaired) electrons. The zero-order chi connectivity index (χ0) is 17.4. The van der Waals surface area contributed by atoms with Crippen LogP contribution in [0.2, 0.25) is 0 Å². The lowest BCUT2D eigenvalue weighted by molar-refractivity contribution is 0.793. The summed E-state index contributed by atoms with van der Waals surface area (Å²) in [5.74, 6) is 1.26. The first-order valence-corrected chi connectivity index (χ1v) is 7.24. The van der Waals surface area contributed by atoms with Gasteiger partial charge in [0.1, 0.15) is 5.82 Å². The van der Waals surface area contributed by atoms with Gasteiger partial charge >= 0.3 is 0 Å². The van der Waals surface area contributed by atoms with E-state index in [2.05, 4.69) is 45.3 Å². The third kappa shape index (κ3) is 2.41. The molecule has 0 aromatic carbocycles. The van der Waals surface area contributed by atoms with Crippen LogP contribution in [0.1, 0.15) is 11.5 Å². The average molecular weight is 333 g/mol. The minimum absolute atomic E-state index is 0.246. The predicted molar refractivity (Wildman–Crippen MR) is 86.4 cm³/mol. The van der Waals surface area contributed by atoms with E-state index in [1.807, 2.05) is 6.92 Å². The molecule has 0 aliphatic heterocycles. The second-order valence-corrected chi connectivity index (χ2v) is 5.11. The molecule has 25 heavy (non-hydrogen) atoms. The quantitative estimate of drug-likeness (QED) is 0.456. The summed E-state index contributed by atoms with van der Waals surface area (Å²) in [4.78, 5) is 14.8. The van der Waals surface area contributed by atoms with Crippen LogP contribution >= 0.6 is 0 Å². The molecule has 0 unspecified atom stereocenters. The van der Waals surface area contributed by atoms with Crippen molar-refractivity contribution < 1.29 is 0 Å². The van der Waals surface area contributed by atoms with Crippen molar-refractivity contribution in [2.24, 2.45) is 10.2 Å². The lowest BCUT2D eigenvalue weighted by Gasteiger charge is -2.00. The molecule has 122 valence electrons. The summed E-state index contributed by atoms with van der Waals surface area (Å²) in [6.07, 6.45) is 4.57. The van der Waals surface area contributed by atoms with Gasteiger partial charge in [0.15, 0.2) is 17.2 Å². The van der Waals surface area contributed by atoms with Gasteiger partial charge in [0.05, 0.1) is 18.5 Å². The fourth-order valence-corrected chi connectivity index (χ4v) is 2.30. The number of H-pyrrole nitrogens is 1. The van der Waals surface area contributed by atoms with Crippen molar-refractivity contribution in [2.45, 2.75) is 13.8 Å². The van der Waals surface area contributed by atoms with Gasteiger partial charge in [-0.2, -0.15) is 14.9 Å². The lowest BCUT2D eigenvalue weighted by Crippen LogP contribution is -2.00. The van der Waals surface area contributed by atoms with Crippen molar-refractivity contribution in [3.63, 3.8) is 0 Å². The third-order valence-corrected chi connectivity index (χ3v) is 3.39. The molecule has 1 N–H and O–H groups in total. The molecule has 0 atom stereocenters. The molecule has 0 amide bonds. The Labute approximate surface area is 140 Å². The summed E-state index contributed by atoms with van der Waals surface area (Å²) < 4.78 is 2.83. The summed E-state index contributed by atoms with van der Waals surface area (Å²) in [5.41, 5.74) is 2.08. The maximum Gasteiger partial charge on any atom is 0.252 e. The largest absolute Gasteiger partial charge is 0.324 e. The maximum absolute atomic E-state index is 7.29. The fraction of sp³-hybridized carbons (Fsp3) is 0.143. The predicted octanol–water partition coefficient (Wildman–Crippen LogP) is 2.62. The lowest BCUT2D eigenvalue weighted by atomic mass is 10.4. The van der Waals surface area contributed by atoms with E-state index in [0.717, 1.165) is 0 Å². The van der Waals surface area contributed by atoms with Crippen LogP contribution in [0, 0.1) is 20.4 Å². The van der Waals surface area contributed by atoms with Crippen molar-refractivity contribution in [3.8, 4) is 5.95 Å². The first-order valence-electron chi connectivity index (χ1n) is 7.24. The van der Waals surface area contributed by atoms with Gasteiger partial charge < -0.3 is 4.98 Å². The summed E-state index contributed by atoms with van der Waals surface area (Å²) >= 11 is 0. The number of nitrogens with one attached hydrogen (secondary N) is 1. The molecular formula is C14H11N11. The van der Waals surface area contributed by atoms with Gasteiger partial charge in [0.25, 0.3) is 11.6 Å². The van der Waals surface area contributed by atoms with Crippen molar-refractivity contribution in [2.75, 3.05) is 0 Å². The number of aryl methyl sites for hydroxylation is 2. The summed E-state index contributed by atoms with van der Waals surface area (Å²) in [6.45, 7) is 10.9. The number of fused-ring (bicyclic) bond motifs is 1. The van der Waals surface area contributed by atoms with Gasteiger partial charge in [-0.3, -0.25) is 0 Å². The molecule has 4 aromatic rings. The number of hydrogen-bond donors (Lipinski definition) is 1. The summed E-state index contributed by atoms with van der Waals surface area (Å²) in [7, 11) is 0. The molecule has 4 rings (SSSR count). The van der Waals surface area contributed by atoms with E-state index in [-0.39, 0.29) is 11.5 Å². The van der Waals surface area contributed by atoms with E-state index in [1.165, 1.54) is 15.5 Å². The second-order valence-electron chi connectivity index (χ2n) is 5.11. The van der Waals surface area contributed by atoms with E-state index in [0.29, 0.717) is 28.8 Å². The minimum Gasteiger partial charge on any atom is -0.324 e. The first kappa shape index (κ1) is 14.6. The Bertz CT molecular complexity index is 1120. The topological polar surface area (TPSA) is 119 Å². The molecule has 0 aliphatic carbocycles. The number of aromatic amines is 1. The molecule has 0 fully saturated rings. The Kier molecular flexibility index (Phi) is 3.28. The van der Waals surface area contributed by atoms with Crippen LogP contribution in [-0.4, -0.2) is 39.6 Å². The van der Waals surface area contributed by atoms with Crippen LogP contribution in [-0.2, 0) is 0 Å². The summed E-state index contributed by atoms with van der Waals surface area (Å²) in [5, 5.41) is 21.1. The number of aromatic nitrogens is 8. The zero-order valence-electron chi connectivity index (χ0n) is 13.3. The Morgan fingerprint density at radius 2 is 1.96 bits per heavy atom. The number of rotatable bonds is 3. The monoisotopic (exact) mass is 333 g/mol. The van der Waals surface area contributed by atoms with Crippen molar-refractivity contribution >= 4 is 22.8 Å². The molecule has 11 heteroatoms. The van der Waals surface area contributed by atoms with Gasteiger partial charge in [-0.1, -0.05) is 0 Å². The Morgan fingerprint density at radius 1 is 1.16 bits per heavy atom. The average Bonchev–Trinajstić information content (AvgIpc) is 3.26. The molecule has 0 saturated carbocycles. The van der Waals surface area contributed by atoms with Crippen LogP contribution in [0.5, 0.6) is 0 Å². The van der Waals surface area contributed by atoms with Crippen LogP contribution in [0.15, 0.2) is 34.9 Å². The van der Waals surface area contributed by atoms with Gasteiger partial charge in [0.2, 0.25) is 0 Å². The van der Waals surface area contributed by atoms with Crippen molar-refractivity contribution in [1.29, 1.82) is 0 Å². The van der Waals surface area contributed by atoms with E-state index in [9.17, 15) is 0 Å². The maximum atomic E-state index is 7.29. The summed E-state index contributed by atoms with van der Waals surface area (Å²) in [6, 6.07) is 1.69. The molecule has 11 nitrogen and oxygen atoms in total. The SMILES string of the molecule is [C-]#[N+]c1cnn(-c2ncccn2)c1/N=N/c1c(C)nn2nc(C)[nH]c12. The van der Waals surface area contributed by atoms with Gasteiger partial charge in [0, 0.05) is 12.4 Å². The first-order chi connectivity index (χ1) is 12.2. The highest BCUT2D eigenvalue weighted by molar-refractivity contribution is 5.67. The van der Waals surface area contributed by atoms with Crippen LogP contribution in [0.3, 0.4) is 0 Å². The van der Waals surface area contributed by atoms with Crippen LogP contribution < -0.4 is 0 Å². The Balaban J connectivity index is 1.82. The zero-order valence-corrected chi connectivity index (χ0v) is 13.3. The standard InChI is InChI=1S/C14H11N11/c1-8-11(13-19-9(2)23-25(13)22-8)20-21-12-10(15-3)7-18-24(12)14-16-5-4-6-17-14/h4-7H,1-2H3,(H,19,23)/b21-20+. The normalized spacial score (nSPS) is 11.4. The molecule has 4 heterocycles. The van der Waals surface area contributed by atoms with Gasteiger partial charge in [-0.05, 0) is 19.9 Å². The fourth-order valence-electron chi connectivity index (χ4n) is 2.30. The smallest absolute Gasteiger partial charge is 0.252 e. The number of hydrogen-bond acceptors (Lipinski definition) is 7. The highest BCUT2D eigenvalue weighted by Gasteiger charge is 2.16. The minimum atomic E-state index is 0.246. The molecule has 4 aromatic heterocycles. The van der Waals surface area contributed by atoms with Crippen molar-refractivity contribution in [3.05, 3.63) is 47.6 Å². The highest BCUT2D eigenvalue weighted by Crippen LogP contribution is 2.32. The third-order valence-electron chi connectivity index (χ3n) is 3.39. The van der Waals surface area contributed by atoms with Crippen molar-refractivity contribution in [1.82, 2.24) is 39.6 Å². The van der Waals surface area contributed by atoms with E-state index < -0.39 is 0 Å². The Hall–Kier alpha value is -3.94. The van der Waals surface area contributed by atoms with E-state index in [1.54, 1.807) is 25.4 Å². The highest BCUT2D eigenvalue weighted by atomic mass is 15.5. The molecular weight excluding hydrogens is 322 g/mol. The number of nitrogens with zero attached hydrogens (tertiary/aromatic N) is 10. The second kappa shape index (κ2) is 5.60. The van der Waals surface area contributed by atoms with Crippen LogP contribution in [0.4, 0.5) is 17.2 Å².